The van der Waals surface area contributed by atoms with Crippen molar-refractivity contribution in [2.24, 2.45) is 5.10 Å². The second kappa shape index (κ2) is 7.25. The average molecular weight is 409 g/mol. The lowest BCUT2D eigenvalue weighted by molar-refractivity contribution is -0.130. The van der Waals surface area contributed by atoms with Crippen molar-refractivity contribution >= 4 is 40.4 Å². The van der Waals surface area contributed by atoms with Crippen LogP contribution in [-0.2, 0) is 4.79 Å². The van der Waals surface area contributed by atoms with Crippen LogP contribution in [0, 0.1) is 0 Å². The van der Waals surface area contributed by atoms with Gasteiger partial charge in [-0.05, 0) is 35.7 Å². The summed E-state index contributed by atoms with van der Waals surface area (Å²) in [6.45, 7) is 0. The molecule has 0 aromatic carbocycles. The zero-order chi connectivity index (χ0) is 18.9. The van der Waals surface area contributed by atoms with E-state index in [0.717, 1.165) is 22.0 Å². The van der Waals surface area contributed by atoms with Crippen molar-refractivity contribution in [3.8, 4) is 0 Å². The first-order valence-corrected chi connectivity index (χ1v) is 10.6. The number of pyridine rings is 1. The summed E-state index contributed by atoms with van der Waals surface area (Å²) in [5, 5.41) is 17.2. The molecule has 1 atom stereocenters. The molecule has 1 aliphatic rings. The third-order valence-corrected chi connectivity index (χ3v) is 6.30. The summed E-state index contributed by atoms with van der Waals surface area (Å²) in [6, 6.07) is 13.2. The van der Waals surface area contributed by atoms with Crippen molar-refractivity contribution in [2.75, 3.05) is 5.75 Å². The average Bonchev–Trinajstić information content (AvgIpc) is 3.52. The number of nitrogens with zero attached hydrogens (tertiary/aromatic N) is 5. The van der Waals surface area contributed by atoms with E-state index in [1.807, 2.05) is 58.4 Å². The van der Waals surface area contributed by atoms with E-state index in [2.05, 4.69) is 15.3 Å². The van der Waals surface area contributed by atoms with Gasteiger partial charge in [0, 0.05) is 12.6 Å². The van der Waals surface area contributed by atoms with Crippen LogP contribution in [-0.4, -0.2) is 37.0 Å². The van der Waals surface area contributed by atoms with E-state index in [0.29, 0.717) is 11.6 Å². The maximum Gasteiger partial charge on any atom is 0.253 e. The third-order valence-electron chi connectivity index (χ3n) is 4.45. The number of aromatic nitrogens is 3. The van der Waals surface area contributed by atoms with Crippen LogP contribution < -0.4 is 0 Å². The highest BCUT2D eigenvalue weighted by atomic mass is 32.2. The minimum Gasteiger partial charge on any atom is -0.467 e. The van der Waals surface area contributed by atoms with Crippen LogP contribution in [0.4, 0.5) is 0 Å². The van der Waals surface area contributed by atoms with Crippen molar-refractivity contribution in [1.29, 1.82) is 0 Å². The van der Waals surface area contributed by atoms with Gasteiger partial charge in [0.1, 0.15) is 11.8 Å². The molecule has 1 amide bonds. The highest BCUT2D eigenvalue weighted by Crippen LogP contribution is 2.34. The first-order valence-electron chi connectivity index (χ1n) is 8.69. The van der Waals surface area contributed by atoms with E-state index in [1.165, 1.54) is 11.8 Å². The van der Waals surface area contributed by atoms with Gasteiger partial charge in [0.05, 0.1) is 22.6 Å². The summed E-state index contributed by atoms with van der Waals surface area (Å²) in [5.41, 5.74) is 1.66. The molecule has 9 heteroatoms. The lowest BCUT2D eigenvalue weighted by Crippen LogP contribution is -2.28. The molecule has 0 N–H and O–H groups in total. The van der Waals surface area contributed by atoms with Crippen molar-refractivity contribution in [3.63, 3.8) is 0 Å². The second-order valence-electron chi connectivity index (χ2n) is 6.20. The number of furan rings is 1. The monoisotopic (exact) mass is 409 g/mol. The van der Waals surface area contributed by atoms with Gasteiger partial charge in [0.2, 0.25) is 0 Å². The molecular weight excluding hydrogens is 394 g/mol. The Hall–Kier alpha value is -2.91. The number of carbonyl (C=O) groups is 1. The smallest absolute Gasteiger partial charge is 0.253 e. The Bertz CT molecular complexity index is 1130. The van der Waals surface area contributed by atoms with Crippen LogP contribution in [0.25, 0.3) is 5.65 Å². The number of thiophene rings is 1. The van der Waals surface area contributed by atoms with Gasteiger partial charge >= 0.3 is 0 Å². The molecule has 4 aromatic heterocycles. The highest BCUT2D eigenvalue weighted by molar-refractivity contribution is 7.99. The van der Waals surface area contributed by atoms with Crippen molar-refractivity contribution < 1.29 is 9.21 Å². The first kappa shape index (κ1) is 17.2. The van der Waals surface area contributed by atoms with Crippen LogP contribution in [0.1, 0.15) is 23.1 Å². The topological polar surface area (TPSA) is 76.0 Å². The normalized spacial score (nSPS) is 16.6. The number of carbonyl (C=O) groups excluding carboxylic acids is 1. The van der Waals surface area contributed by atoms with E-state index in [1.54, 1.807) is 22.6 Å². The molecule has 140 valence electrons. The highest BCUT2D eigenvalue weighted by Gasteiger charge is 2.35. The van der Waals surface area contributed by atoms with Gasteiger partial charge in [-0.15, -0.1) is 21.5 Å². The van der Waals surface area contributed by atoms with Gasteiger partial charge in [0.15, 0.2) is 10.8 Å². The fourth-order valence-electron chi connectivity index (χ4n) is 3.14. The SMILES string of the molecule is O=C(CSc1nnc2ccccn12)N1N=C(c2cccs2)CC1c1ccco1. The Balaban J connectivity index is 1.38. The first-order chi connectivity index (χ1) is 13.8. The Morgan fingerprint density at radius 3 is 3.00 bits per heavy atom. The molecule has 5 rings (SSSR count). The van der Waals surface area contributed by atoms with Gasteiger partial charge in [0.25, 0.3) is 5.91 Å². The number of hydrazone groups is 1. The van der Waals surface area contributed by atoms with Crippen molar-refractivity contribution in [2.45, 2.75) is 17.6 Å². The van der Waals surface area contributed by atoms with Gasteiger partial charge in [-0.2, -0.15) is 5.10 Å². The van der Waals surface area contributed by atoms with E-state index in [4.69, 9.17) is 4.42 Å². The largest absolute Gasteiger partial charge is 0.467 e. The fraction of sp³-hybridized carbons (Fsp3) is 0.158. The summed E-state index contributed by atoms with van der Waals surface area (Å²) in [5.74, 6) is 0.862. The van der Waals surface area contributed by atoms with Gasteiger partial charge < -0.3 is 4.42 Å². The van der Waals surface area contributed by atoms with Crippen molar-refractivity contribution in [3.05, 3.63) is 70.9 Å². The summed E-state index contributed by atoms with van der Waals surface area (Å²) in [7, 11) is 0. The number of hydrogen-bond donors (Lipinski definition) is 0. The summed E-state index contributed by atoms with van der Waals surface area (Å²) in [4.78, 5) is 14.1. The van der Waals surface area contributed by atoms with Crippen LogP contribution >= 0.6 is 23.1 Å². The molecule has 5 heterocycles. The number of amides is 1. The van der Waals surface area contributed by atoms with Crippen LogP contribution in [0.15, 0.2) is 75.0 Å². The number of hydrogen-bond acceptors (Lipinski definition) is 7. The summed E-state index contributed by atoms with van der Waals surface area (Å²) < 4.78 is 7.44. The Kier molecular flexibility index (Phi) is 4.46. The lowest BCUT2D eigenvalue weighted by atomic mass is 10.1. The van der Waals surface area contributed by atoms with Gasteiger partial charge in [-0.3, -0.25) is 9.20 Å². The molecule has 7 nitrogen and oxygen atoms in total. The number of fused-ring (bicyclic) bond motifs is 1. The molecule has 0 fully saturated rings. The molecule has 1 unspecified atom stereocenters. The molecule has 0 spiro atoms. The molecule has 28 heavy (non-hydrogen) atoms. The Morgan fingerprint density at radius 1 is 1.21 bits per heavy atom. The molecule has 0 radical (unpaired) electrons. The van der Waals surface area contributed by atoms with Crippen LogP contribution in [0.5, 0.6) is 0 Å². The zero-order valence-electron chi connectivity index (χ0n) is 14.6. The van der Waals surface area contributed by atoms with E-state index >= 15 is 0 Å². The molecular formula is C19H15N5O2S2. The maximum atomic E-state index is 13.0. The Labute approximate surface area is 168 Å². The minimum atomic E-state index is -0.227. The van der Waals surface area contributed by atoms with Gasteiger partial charge in [-0.25, -0.2) is 5.01 Å². The fourth-order valence-corrected chi connectivity index (χ4v) is 4.64. The van der Waals surface area contributed by atoms with Crippen molar-refractivity contribution in [1.82, 2.24) is 19.6 Å². The summed E-state index contributed by atoms with van der Waals surface area (Å²) >= 11 is 2.97. The molecule has 0 aliphatic carbocycles. The molecule has 4 aromatic rings. The predicted molar refractivity (Wildman–Crippen MR) is 107 cm³/mol. The van der Waals surface area contributed by atoms with Crippen LogP contribution in [0.3, 0.4) is 0 Å². The Morgan fingerprint density at radius 2 is 2.18 bits per heavy atom. The van der Waals surface area contributed by atoms with Crippen LogP contribution in [0.2, 0.25) is 0 Å². The molecule has 0 saturated heterocycles. The summed E-state index contributed by atoms with van der Waals surface area (Å²) in [6.07, 6.45) is 4.15. The zero-order valence-corrected chi connectivity index (χ0v) is 16.3. The predicted octanol–water partition coefficient (Wildman–Crippen LogP) is 3.85. The van der Waals surface area contributed by atoms with Gasteiger partial charge in [-0.1, -0.05) is 23.9 Å². The standard InChI is InChI=1S/C19H15N5O2S2/c25-18(12-28-19-21-20-17-7-1-2-8-23(17)19)24-14(15-5-3-9-26-15)11-13(22-24)16-6-4-10-27-16/h1-10,14H,11-12H2. The number of thioether (sulfide) groups is 1. The quantitative estimate of drug-likeness (QED) is 0.468. The molecule has 0 bridgehead atoms. The number of rotatable bonds is 5. The third kappa shape index (κ3) is 3.12. The lowest BCUT2D eigenvalue weighted by Gasteiger charge is -2.19. The van der Waals surface area contributed by atoms with E-state index < -0.39 is 0 Å². The minimum absolute atomic E-state index is 0.0920. The molecule has 1 aliphatic heterocycles. The second-order valence-corrected chi connectivity index (χ2v) is 8.09. The van der Waals surface area contributed by atoms with E-state index in [9.17, 15) is 4.79 Å². The van der Waals surface area contributed by atoms with E-state index in [-0.39, 0.29) is 17.7 Å². The maximum absolute atomic E-state index is 13.0. The molecule has 0 saturated carbocycles.